The number of amides is 2. The molecule has 4 heterocycles. The third-order valence-corrected chi connectivity index (χ3v) is 8.40. The van der Waals surface area contributed by atoms with Gasteiger partial charge in [-0.2, -0.15) is 0 Å². The Bertz CT molecular complexity index is 694. The predicted octanol–water partition coefficient (Wildman–Crippen LogP) is 1.77. The van der Waals surface area contributed by atoms with Gasteiger partial charge in [-0.3, -0.25) is 19.4 Å². The first kappa shape index (κ1) is 18.8. The third-order valence-electron chi connectivity index (χ3n) is 5.26. The molecular formula is C19H26N2O5Si. The number of carbonyl (C=O) groups excluding carboxylic acids is 2. The number of rotatable bonds is 4. The average molecular weight is 391 g/mol. The lowest BCUT2D eigenvalue weighted by atomic mass is 10.1. The van der Waals surface area contributed by atoms with Crippen LogP contribution in [0.5, 0.6) is 0 Å². The van der Waals surface area contributed by atoms with Crippen molar-refractivity contribution >= 4 is 20.6 Å². The first-order valence-electron chi connectivity index (χ1n) is 9.64. The smallest absolute Gasteiger partial charge is 0.372 e. The molecule has 2 unspecified atom stereocenters. The number of fused-ring (bicyclic) bond motifs is 7. The molecule has 0 N–H and O–H groups in total. The monoisotopic (exact) mass is 390 g/mol. The summed E-state index contributed by atoms with van der Waals surface area (Å²) in [6, 6.07) is 7.58. The zero-order valence-corrected chi connectivity index (χ0v) is 16.8. The molecule has 0 spiro atoms. The van der Waals surface area contributed by atoms with Crippen LogP contribution in [0.25, 0.3) is 0 Å². The van der Waals surface area contributed by atoms with Gasteiger partial charge in [0.25, 0.3) is 11.8 Å². The minimum absolute atomic E-state index is 0.0452. The van der Waals surface area contributed by atoms with Crippen molar-refractivity contribution in [3.8, 4) is 0 Å². The first-order valence-corrected chi connectivity index (χ1v) is 11.6. The number of benzene rings is 1. The summed E-state index contributed by atoms with van der Waals surface area (Å²) < 4.78 is 18.7. The molecule has 0 aliphatic carbocycles. The largest absolute Gasteiger partial charge is 0.501 e. The van der Waals surface area contributed by atoms with E-state index < -0.39 is 8.80 Å². The molecule has 4 aliphatic rings. The molecule has 7 nitrogen and oxygen atoms in total. The summed E-state index contributed by atoms with van der Waals surface area (Å²) in [4.78, 5) is 28.7. The Hall–Kier alpha value is -1.58. The molecular weight excluding hydrogens is 364 g/mol. The van der Waals surface area contributed by atoms with Crippen LogP contribution in [-0.2, 0) is 13.3 Å². The van der Waals surface area contributed by atoms with E-state index in [-0.39, 0.29) is 24.0 Å². The Morgan fingerprint density at radius 3 is 2.22 bits per heavy atom. The zero-order chi connectivity index (χ0) is 19.0. The molecule has 27 heavy (non-hydrogen) atoms. The van der Waals surface area contributed by atoms with Gasteiger partial charge in [0.05, 0.1) is 29.9 Å². The molecule has 0 radical (unpaired) electrons. The van der Waals surface area contributed by atoms with E-state index in [9.17, 15) is 9.59 Å². The van der Waals surface area contributed by atoms with Gasteiger partial charge in [-0.15, -0.1) is 0 Å². The molecule has 146 valence electrons. The van der Waals surface area contributed by atoms with Gasteiger partial charge in [0.1, 0.15) is 0 Å². The highest BCUT2D eigenvalue weighted by atomic mass is 28.4. The Labute approximate surface area is 160 Å². The van der Waals surface area contributed by atoms with Crippen LogP contribution < -0.4 is 0 Å². The molecule has 2 atom stereocenters. The fourth-order valence-corrected chi connectivity index (χ4v) is 7.12. The minimum atomic E-state index is -2.83. The summed E-state index contributed by atoms with van der Waals surface area (Å²) in [6.07, 6.45) is 0.702. The summed E-state index contributed by atoms with van der Waals surface area (Å²) in [5.74, 6) is -0.435. The van der Waals surface area contributed by atoms with Gasteiger partial charge in [-0.25, -0.2) is 0 Å². The Kier molecular flexibility index (Phi) is 5.17. The van der Waals surface area contributed by atoms with Gasteiger partial charge in [0.15, 0.2) is 0 Å². The van der Waals surface area contributed by atoms with Crippen LogP contribution in [0, 0.1) is 0 Å². The van der Waals surface area contributed by atoms with Gasteiger partial charge in [0, 0.05) is 32.2 Å². The summed E-state index contributed by atoms with van der Waals surface area (Å²) in [6.45, 7) is 7.69. The Morgan fingerprint density at radius 2 is 1.63 bits per heavy atom. The summed E-state index contributed by atoms with van der Waals surface area (Å²) in [5.41, 5.74) is 0.974. The molecule has 4 aliphatic heterocycles. The molecule has 3 fully saturated rings. The molecule has 1 aromatic rings. The highest BCUT2D eigenvalue weighted by molar-refractivity contribution is 6.60. The predicted molar refractivity (Wildman–Crippen MR) is 100 cm³/mol. The van der Waals surface area contributed by atoms with Crippen molar-refractivity contribution in [2.24, 2.45) is 0 Å². The molecule has 2 amide bonds. The van der Waals surface area contributed by atoms with E-state index in [1.165, 1.54) is 4.90 Å². The van der Waals surface area contributed by atoms with Crippen molar-refractivity contribution in [3.05, 3.63) is 35.4 Å². The second kappa shape index (κ2) is 7.44. The molecule has 0 saturated carbocycles. The van der Waals surface area contributed by atoms with Crippen molar-refractivity contribution in [3.63, 3.8) is 0 Å². The molecule has 8 heteroatoms. The van der Waals surface area contributed by atoms with Crippen molar-refractivity contribution in [1.82, 2.24) is 9.80 Å². The second-order valence-electron chi connectivity index (χ2n) is 7.56. The van der Waals surface area contributed by atoms with Crippen LogP contribution in [0.1, 0.15) is 41.0 Å². The van der Waals surface area contributed by atoms with Gasteiger partial charge in [-0.1, -0.05) is 12.1 Å². The summed E-state index contributed by atoms with van der Waals surface area (Å²) >= 11 is 0. The van der Waals surface area contributed by atoms with E-state index in [4.69, 9.17) is 13.3 Å². The summed E-state index contributed by atoms with van der Waals surface area (Å²) in [5, 5.41) is 0. The maximum absolute atomic E-state index is 12.5. The van der Waals surface area contributed by atoms with Crippen LogP contribution in [0.15, 0.2) is 24.3 Å². The van der Waals surface area contributed by atoms with E-state index in [0.717, 1.165) is 19.6 Å². The van der Waals surface area contributed by atoms with Crippen molar-refractivity contribution in [2.45, 2.75) is 38.5 Å². The topological polar surface area (TPSA) is 68.3 Å². The van der Waals surface area contributed by atoms with Crippen LogP contribution in [-0.4, -0.2) is 75.4 Å². The van der Waals surface area contributed by atoms with E-state index in [1.54, 1.807) is 24.3 Å². The standard InChI is InChI=1S/C19H26N2O5Si/c1-14-12-20-9-10-24-27(25-14,26-15(2)13-20)11-5-8-21-18(22)16-6-3-4-7-17(16)19(21)23/h3-4,6-7,14-15H,5,8-13H2,1-2H3. The van der Waals surface area contributed by atoms with Crippen LogP contribution >= 0.6 is 0 Å². The van der Waals surface area contributed by atoms with E-state index in [0.29, 0.717) is 36.7 Å². The number of hydrogen-bond acceptors (Lipinski definition) is 6. The summed E-state index contributed by atoms with van der Waals surface area (Å²) in [7, 11) is -2.83. The SMILES string of the molecule is CC1CN2CCO[Si](CCCN3C(=O)c4ccccc4C3=O)(O1)OC(C)C2. The maximum Gasteiger partial charge on any atom is 0.501 e. The van der Waals surface area contributed by atoms with Crippen LogP contribution in [0.2, 0.25) is 6.04 Å². The Balaban J connectivity index is 1.43. The van der Waals surface area contributed by atoms with Crippen LogP contribution in [0.4, 0.5) is 0 Å². The fourth-order valence-electron chi connectivity index (χ4n) is 4.18. The minimum Gasteiger partial charge on any atom is -0.372 e. The van der Waals surface area contributed by atoms with Gasteiger partial charge >= 0.3 is 8.80 Å². The number of carbonyl (C=O) groups is 2. The fraction of sp³-hybridized carbons (Fsp3) is 0.579. The lowest BCUT2D eigenvalue weighted by Gasteiger charge is -2.43. The van der Waals surface area contributed by atoms with Gasteiger partial charge in [-0.05, 0) is 32.4 Å². The van der Waals surface area contributed by atoms with Crippen molar-refractivity contribution in [1.29, 1.82) is 0 Å². The van der Waals surface area contributed by atoms with Crippen molar-refractivity contribution < 1.29 is 22.9 Å². The molecule has 1 aromatic carbocycles. The van der Waals surface area contributed by atoms with Crippen LogP contribution in [0.3, 0.4) is 0 Å². The molecule has 5 rings (SSSR count). The van der Waals surface area contributed by atoms with Gasteiger partial charge < -0.3 is 13.3 Å². The number of imide groups is 1. The normalized spacial score (nSPS) is 33.6. The second-order valence-corrected chi connectivity index (χ2v) is 10.2. The Morgan fingerprint density at radius 1 is 1.04 bits per heavy atom. The third kappa shape index (κ3) is 3.72. The maximum atomic E-state index is 12.5. The van der Waals surface area contributed by atoms with Gasteiger partial charge in [0.2, 0.25) is 0 Å². The van der Waals surface area contributed by atoms with E-state index >= 15 is 0 Å². The number of nitrogens with zero attached hydrogens (tertiary/aromatic N) is 2. The lowest BCUT2D eigenvalue weighted by molar-refractivity contribution is -0.0589. The highest BCUT2D eigenvalue weighted by Gasteiger charge is 2.47. The highest BCUT2D eigenvalue weighted by Crippen LogP contribution is 2.28. The molecule has 2 bridgehead atoms. The van der Waals surface area contributed by atoms with E-state index in [1.807, 2.05) is 13.8 Å². The molecule has 3 saturated heterocycles. The molecule has 0 aromatic heterocycles. The van der Waals surface area contributed by atoms with E-state index in [2.05, 4.69) is 4.90 Å². The lowest BCUT2D eigenvalue weighted by Crippen LogP contribution is -2.59. The number of hydrogen-bond donors (Lipinski definition) is 0. The quantitative estimate of drug-likeness (QED) is 0.577. The van der Waals surface area contributed by atoms with Crippen molar-refractivity contribution in [2.75, 3.05) is 32.8 Å². The zero-order valence-electron chi connectivity index (χ0n) is 15.8. The average Bonchev–Trinajstić information content (AvgIpc) is 2.83. The first-order chi connectivity index (χ1) is 13.0.